The molecule has 2 aliphatic rings. The number of amides is 3. The number of benzene rings is 2. The SMILES string of the molecule is O=C1[C@H]2NCC[C@@H]2N(Cc2ccccc2)C(=O)N1c1ccc(F)c(Cl)c1. The highest BCUT2D eigenvalue weighted by atomic mass is 35.5. The summed E-state index contributed by atoms with van der Waals surface area (Å²) in [5, 5.41) is 3.05. The largest absolute Gasteiger partial charge is 0.332 e. The molecule has 2 aliphatic heterocycles. The highest BCUT2D eigenvalue weighted by molar-refractivity contribution is 6.31. The molecule has 2 atom stereocenters. The first-order valence-corrected chi connectivity index (χ1v) is 8.81. The first-order chi connectivity index (χ1) is 12.6. The predicted octanol–water partition coefficient (Wildman–Crippen LogP) is 3.18. The number of anilines is 1. The van der Waals surface area contributed by atoms with Gasteiger partial charge in [-0.25, -0.2) is 14.1 Å². The van der Waals surface area contributed by atoms with Crippen molar-refractivity contribution in [2.75, 3.05) is 11.4 Å². The Bertz CT molecular complexity index is 861. The van der Waals surface area contributed by atoms with Gasteiger partial charge in [0.2, 0.25) is 0 Å². The molecule has 0 spiro atoms. The third-order valence-electron chi connectivity index (χ3n) is 4.87. The van der Waals surface area contributed by atoms with Crippen LogP contribution in [0.2, 0.25) is 5.02 Å². The van der Waals surface area contributed by atoms with E-state index >= 15 is 0 Å². The van der Waals surface area contributed by atoms with Crippen molar-refractivity contribution in [1.29, 1.82) is 0 Å². The lowest BCUT2D eigenvalue weighted by molar-refractivity contribution is -0.122. The number of rotatable bonds is 3. The molecule has 134 valence electrons. The second kappa shape index (κ2) is 6.70. The second-order valence-electron chi connectivity index (χ2n) is 6.46. The fourth-order valence-electron chi connectivity index (χ4n) is 3.61. The molecule has 3 amide bonds. The summed E-state index contributed by atoms with van der Waals surface area (Å²) in [7, 11) is 0. The lowest BCUT2D eigenvalue weighted by Crippen LogP contribution is -2.64. The average Bonchev–Trinajstić information content (AvgIpc) is 3.13. The van der Waals surface area contributed by atoms with E-state index < -0.39 is 17.9 Å². The van der Waals surface area contributed by atoms with Crippen molar-refractivity contribution in [2.45, 2.75) is 25.0 Å². The summed E-state index contributed by atoms with van der Waals surface area (Å²) in [4.78, 5) is 28.8. The number of imide groups is 1. The number of hydrogen-bond acceptors (Lipinski definition) is 3. The predicted molar refractivity (Wildman–Crippen MR) is 96.5 cm³/mol. The minimum atomic E-state index is -0.592. The Hall–Kier alpha value is -2.44. The number of nitrogens with one attached hydrogen (secondary N) is 1. The second-order valence-corrected chi connectivity index (χ2v) is 6.86. The van der Waals surface area contributed by atoms with Crippen LogP contribution < -0.4 is 10.2 Å². The van der Waals surface area contributed by atoms with Gasteiger partial charge >= 0.3 is 6.03 Å². The molecule has 4 rings (SSSR count). The van der Waals surface area contributed by atoms with Crippen LogP contribution in [0.1, 0.15) is 12.0 Å². The van der Waals surface area contributed by atoms with Gasteiger partial charge in [0.25, 0.3) is 5.91 Å². The fraction of sp³-hybridized carbons (Fsp3) is 0.263. The maximum absolute atomic E-state index is 13.5. The van der Waals surface area contributed by atoms with Crippen molar-refractivity contribution in [1.82, 2.24) is 10.2 Å². The van der Waals surface area contributed by atoms with Crippen molar-refractivity contribution in [3.8, 4) is 0 Å². The molecular formula is C19H17ClFN3O2. The van der Waals surface area contributed by atoms with Crippen LogP contribution in [0.15, 0.2) is 48.5 Å². The van der Waals surface area contributed by atoms with Gasteiger partial charge < -0.3 is 10.2 Å². The molecule has 5 nitrogen and oxygen atoms in total. The summed E-state index contributed by atoms with van der Waals surface area (Å²) in [6.07, 6.45) is 0.715. The highest BCUT2D eigenvalue weighted by Crippen LogP contribution is 2.31. The lowest BCUT2D eigenvalue weighted by atomic mass is 10.0. The molecule has 0 radical (unpaired) electrons. The Kier molecular flexibility index (Phi) is 4.38. The number of halogens is 2. The van der Waals surface area contributed by atoms with Crippen molar-refractivity contribution in [3.63, 3.8) is 0 Å². The zero-order chi connectivity index (χ0) is 18.3. The Morgan fingerprint density at radius 2 is 1.92 bits per heavy atom. The minimum Gasteiger partial charge on any atom is -0.315 e. The fourth-order valence-corrected chi connectivity index (χ4v) is 3.78. The van der Waals surface area contributed by atoms with Crippen molar-refractivity contribution >= 4 is 29.2 Å². The Morgan fingerprint density at radius 3 is 2.65 bits per heavy atom. The van der Waals surface area contributed by atoms with E-state index in [0.29, 0.717) is 19.5 Å². The Morgan fingerprint density at radius 1 is 1.15 bits per heavy atom. The molecule has 2 aromatic rings. The molecule has 0 unspecified atom stereocenters. The van der Waals surface area contributed by atoms with Crippen LogP contribution in [0.25, 0.3) is 0 Å². The summed E-state index contributed by atoms with van der Waals surface area (Å²) in [5.41, 5.74) is 1.26. The van der Waals surface area contributed by atoms with Gasteiger partial charge in [-0.1, -0.05) is 41.9 Å². The number of nitrogens with zero attached hydrogens (tertiary/aromatic N) is 2. The maximum Gasteiger partial charge on any atom is 0.332 e. The van der Waals surface area contributed by atoms with Gasteiger partial charge in [-0.05, 0) is 36.7 Å². The number of fused-ring (bicyclic) bond motifs is 1. The average molecular weight is 374 g/mol. The molecule has 0 aliphatic carbocycles. The molecule has 0 bridgehead atoms. The Labute approximate surface area is 155 Å². The highest BCUT2D eigenvalue weighted by Gasteiger charge is 2.48. The number of carbonyl (C=O) groups excluding carboxylic acids is 2. The first-order valence-electron chi connectivity index (χ1n) is 8.43. The van der Waals surface area contributed by atoms with Gasteiger partial charge in [0.1, 0.15) is 11.9 Å². The number of carbonyl (C=O) groups is 2. The number of hydrogen-bond donors (Lipinski definition) is 1. The standard InChI is InChI=1S/C19H17ClFN3O2/c20-14-10-13(6-7-15(14)21)24-18(25)17-16(8-9-22-17)23(19(24)26)11-12-4-2-1-3-5-12/h1-7,10,16-17,22H,8-9,11H2/t16-,17-/m0/s1. The van der Waals surface area contributed by atoms with Crippen molar-refractivity contribution in [2.24, 2.45) is 0 Å². The molecule has 2 saturated heterocycles. The molecule has 0 aromatic heterocycles. The van der Waals surface area contributed by atoms with Gasteiger partial charge in [-0.3, -0.25) is 4.79 Å². The zero-order valence-electron chi connectivity index (χ0n) is 13.9. The summed E-state index contributed by atoms with van der Waals surface area (Å²) in [5.74, 6) is -0.921. The molecule has 7 heteroatoms. The Balaban J connectivity index is 1.71. The minimum absolute atomic E-state index is 0.126. The summed E-state index contributed by atoms with van der Waals surface area (Å²) in [6.45, 7) is 1.07. The lowest BCUT2D eigenvalue weighted by Gasteiger charge is -2.41. The van der Waals surface area contributed by atoms with Gasteiger partial charge in [0.05, 0.1) is 16.8 Å². The van der Waals surface area contributed by atoms with Crippen LogP contribution >= 0.6 is 11.6 Å². The van der Waals surface area contributed by atoms with Crippen LogP contribution in [-0.4, -0.2) is 35.5 Å². The van der Waals surface area contributed by atoms with E-state index in [4.69, 9.17) is 11.6 Å². The van der Waals surface area contributed by atoms with Crippen LogP contribution in [0.3, 0.4) is 0 Å². The van der Waals surface area contributed by atoms with E-state index in [2.05, 4.69) is 5.32 Å². The summed E-state index contributed by atoms with van der Waals surface area (Å²) in [6, 6.07) is 12.4. The van der Waals surface area contributed by atoms with E-state index in [0.717, 1.165) is 16.5 Å². The topological polar surface area (TPSA) is 52.7 Å². The first kappa shape index (κ1) is 17.0. The molecule has 2 aromatic carbocycles. The van der Waals surface area contributed by atoms with Gasteiger partial charge in [0, 0.05) is 6.54 Å². The van der Waals surface area contributed by atoms with Crippen LogP contribution in [0.4, 0.5) is 14.9 Å². The molecule has 2 heterocycles. The van der Waals surface area contributed by atoms with E-state index in [1.807, 2.05) is 30.3 Å². The zero-order valence-corrected chi connectivity index (χ0v) is 14.6. The third-order valence-corrected chi connectivity index (χ3v) is 5.16. The van der Waals surface area contributed by atoms with E-state index in [1.54, 1.807) is 4.90 Å². The monoisotopic (exact) mass is 373 g/mol. The van der Waals surface area contributed by atoms with Crippen LogP contribution in [0, 0.1) is 5.82 Å². The molecule has 2 fully saturated rings. The number of urea groups is 1. The maximum atomic E-state index is 13.5. The van der Waals surface area contributed by atoms with Crippen molar-refractivity contribution in [3.05, 3.63) is 64.9 Å². The summed E-state index contributed by atoms with van der Waals surface area (Å²) >= 11 is 5.85. The van der Waals surface area contributed by atoms with E-state index in [-0.39, 0.29) is 22.7 Å². The quantitative estimate of drug-likeness (QED) is 0.899. The van der Waals surface area contributed by atoms with Crippen LogP contribution in [-0.2, 0) is 11.3 Å². The van der Waals surface area contributed by atoms with Gasteiger partial charge in [-0.2, -0.15) is 0 Å². The van der Waals surface area contributed by atoms with Crippen molar-refractivity contribution < 1.29 is 14.0 Å². The molecule has 1 N–H and O–H groups in total. The van der Waals surface area contributed by atoms with E-state index in [9.17, 15) is 14.0 Å². The van der Waals surface area contributed by atoms with Gasteiger partial charge in [-0.15, -0.1) is 0 Å². The third kappa shape index (κ3) is 2.85. The normalized spacial score (nSPS) is 22.7. The van der Waals surface area contributed by atoms with Crippen LogP contribution in [0.5, 0.6) is 0 Å². The van der Waals surface area contributed by atoms with E-state index in [1.165, 1.54) is 12.1 Å². The molecular weight excluding hydrogens is 357 g/mol. The smallest absolute Gasteiger partial charge is 0.315 e. The van der Waals surface area contributed by atoms with Gasteiger partial charge in [0.15, 0.2) is 0 Å². The summed E-state index contributed by atoms with van der Waals surface area (Å²) < 4.78 is 13.5. The molecule has 0 saturated carbocycles. The molecule has 26 heavy (non-hydrogen) atoms.